The molecule has 6 nitrogen and oxygen atoms in total. The van der Waals surface area contributed by atoms with Gasteiger partial charge in [0.15, 0.2) is 11.6 Å². The molecular formula is C27H35F4NO5SSi. The van der Waals surface area contributed by atoms with Crippen LogP contribution in [0.15, 0.2) is 24.3 Å². The first-order chi connectivity index (χ1) is 17.6. The fraction of sp³-hybridized carbons (Fsp3) is 0.519. The molecule has 0 bridgehead atoms. The number of rotatable bonds is 6. The molecule has 0 saturated heterocycles. The Morgan fingerprint density at radius 2 is 1.54 bits per heavy atom. The molecule has 0 fully saturated rings. The zero-order chi connectivity index (χ0) is 30.1. The molecular weight excluding hydrogens is 554 g/mol. The minimum absolute atomic E-state index is 0.0985. The van der Waals surface area contributed by atoms with Crippen LogP contribution in [0.2, 0.25) is 16.6 Å². The summed E-state index contributed by atoms with van der Waals surface area (Å²) in [7, 11) is -8.46. The van der Waals surface area contributed by atoms with Crippen molar-refractivity contribution in [2.75, 3.05) is 5.32 Å². The maximum Gasteiger partial charge on any atom is 0.534 e. The zero-order valence-corrected chi connectivity index (χ0v) is 25.3. The number of ether oxygens (including phenoxy) is 1. The van der Waals surface area contributed by atoms with Gasteiger partial charge >= 0.3 is 21.7 Å². The summed E-state index contributed by atoms with van der Waals surface area (Å²) >= 11 is 0. The Morgan fingerprint density at radius 3 is 2.00 bits per heavy atom. The molecule has 0 aliphatic heterocycles. The van der Waals surface area contributed by atoms with Crippen molar-refractivity contribution in [1.29, 1.82) is 0 Å². The molecule has 1 amide bonds. The lowest BCUT2D eigenvalue weighted by Gasteiger charge is -2.38. The van der Waals surface area contributed by atoms with Gasteiger partial charge in [-0.2, -0.15) is 21.6 Å². The molecule has 0 heterocycles. The topological polar surface area (TPSA) is 81.7 Å². The molecule has 39 heavy (non-hydrogen) atoms. The third-order valence-corrected chi connectivity index (χ3v) is 13.7. The molecule has 2 rings (SSSR count). The number of hydrogen-bond donors (Lipinski definition) is 1. The third-order valence-electron chi connectivity index (χ3n) is 6.46. The van der Waals surface area contributed by atoms with Crippen LogP contribution in [0.3, 0.4) is 0 Å². The molecule has 12 heteroatoms. The number of benzene rings is 2. The summed E-state index contributed by atoms with van der Waals surface area (Å²) in [6, 6.07) is 4.83. The number of fused-ring (bicyclic) bond motifs is 1. The molecule has 0 aliphatic rings. The largest absolute Gasteiger partial charge is 0.534 e. The van der Waals surface area contributed by atoms with Crippen molar-refractivity contribution in [2.24, 2.45) is 0 Å². The van der Waals surface area contributed by atoms with Crippen LogP contribution in [-0.4, -0.2) is 33.7 Å². The molecule has 0 saturated carbocycles. The number of hydrogen-bond acceptors (Lipinski definition) is 5. The molecule has 216 valence electrons. The lowest BCUT2D eigenvalue weighted by Crippen LogP contribution is -2.43. The van der Waals surface area contributed by atoms with Crippen LogP contribution in [0.25, 0.3) is 10.8 Å². The quantitative estimate of drug-likeness (QED) is 0.121. The second-order valence-electron chi connectivity index (χ2n) is 11.2. The van der Waals surface area contributed by atoms with Crippen LogP contribution in [0, 0.1) is 17.3 Å². The SMILES string of the molecule is CC(C)[Si](C#Cc1cccc2c(F)c(NC(=O)OC(C)(C)C)cc(OS(=O)(=O)C(F)(F)F)c12)(C(C)C)C(C)C. The van der Waals surface area contributed by atoms with Gasteiger partial charge in [-0.1, -0.05) is 59.6 Å². The summed E-state index contributed by atoms with van der Waals surface area (Å²) in [6.07, 6.45) is -1.09. The monoisotopic (exact) mass is 589 g/mol. The molecule has 1 N–H and O–H groups in total. The fourth-order valence-electron chi connectivity index (χ4n) is 4.86. The van der Waals surface area contributed by atoms with Gasteiger partial charge in [0.2, 0.25) is 0 Å². The van der Waals surface area contributed by atoms with E-state index < -0.39 is 52.6 Å². The van der Waals surface area contributed by atoms with Crippen LogP contribution < -0.4 is 9.50 Å². The first kappa shape index (κ1) is 32.4. The van der Waals surface area contributed by atoms with Crippen molar-refractivity contribution in [3.63, 3.8) is 0 Å². The highest BCUT2D eigenvalue weighted by Crippen LogP contribution is 2.42. The van der Waals surface area contributed by atoms with Crippen molar-refractivity contribution in [2.45, 2.75) is 90.0 Å². The van der Waals surface area contributed by atoms with E-state index in [0.29, 0.717) is 6.07 Å². The zero-order valence-electron chi connectivity index (χ0n) is 23.5. The van der Waals surface area contributed by atoms with Crippen LogP contribution in [0.5, 0.6) is 5.75 Å². The lowest BCUT2D eigenvalue weighted by atomic mass is 10.0. The van der Waals surface area contributed by atoms with Gasteiger partial charge in [-0.3, -0.25) is 5.32 Å². The van der Waals surface area contributed by atoms with E-state index in [-0.39, 0.29) is 33.0 Å². The second kappa shape index (κ2) is 11.4. The van der Waals surface area contributed by atoms with E-state index in [9.17, 15) is 26.4 Å². The van der Waals surface area contributed by atoms with Crippen molar-refractivity contribution in [1.82, 2.24) is 0 Å². The van der Waals surface area contributed by atoms with Crippen LogP contribution in [-0.2, 0) is 14.9 Å². The average molecular weight is 590 g/mol. The van der Waals surface area contributed by atoms with Crippen molar-refractivity contribution >= 4 is 40.7 Å². The van der Waals surface area contributed by atoms with Gasteiger partial charge in [0.05, 0.1) is 5.69 Å². The second-order valence-corrected chi connectivity index (χ2v) is 18.3. The Hall–Kier alpha value is -2.78. The normalized spacial score (nSPS) is 13.0. The first-order valence-electron chi connectivity index (χ1n) is 12.4. The summed E-state index contributed by atoms with van der Waals surface area (Å²) < 4.78 is 89.0. The number of carbonyl (C=O) groups is 1. The number of amides is 1. The van der Waals surface area contributed by atoms with Crippen molar-refractivity contribution in [3.8, 4) is 17.2 Å². The number of nitrogens with one attached hydrogen (secondary N) is 1. The van der Waals surface area contributed by atoms with Crippen LogP contribution >= 0.6 is 0 Å². The average Bonchev–Trinajstić information content (AvgIpc) is 2.74. The van der Waals surface area contributed by atoms with E-state index in [4.69, 9.17) is 4.74 Å². The molecule has 2 aromatic carbocycles. The van der Waals surface area contributed by atoms with Gasteiger partial charge in [-0.25, -0.2) is 9.18 Å². The fourth-order valence-corrected chi connectivity index (χ4v) is 10.5. The van der Waals surface area contributed by atoms with Gasteiger partial charge in [-0.05, 0) is 43.5 Å². The van der Waals surface area contributed by atoms with E-state index in [1.807, 2.05) is 0 Å². The summed E-state index contributed by atoms with van der Waals surface area (Å²) in [6.45, 7) is 17.1. The van der Waals surface area contributed by atoms with Gasteiger partial charge in [0.25, 0.3) is 0 Å². The third kappa shape index (κ3) is 7.05. The Morgan fingerprint density at radius 1 is 1.00 bits per heavy atom. The highest BCUT2D eigenvalue weighted by molar-refractivity contribution is 7.88. The smallest absolute Gasteiger partial charge is 0.444 e. The summed E-state index contributed by atoms with van der Waals surface area (Å²) in [5.74, 6) is 1.19. The van der Waals surface area contributed by atoms with Crippen LogP contribution in [0.1, 0.15) is 67.9 Å². The predicted molar refractivity (Wildman–Crippen MR) is 147 cm³/mol. The number of carbonyl (C=O) groups excluding carboxylic acids is 1. The van der Waals surface area contributed by atoms with Gasteiger partial charge in [0, 0.05) is 22.4 Å². The summed E-state index contributed by atoms with van der Waals surface area (Å²) in [5, 5.41) is 1.58. The van der Waals surface area contributed by atoms with E-state index >= 15 is 4.39 Å². The molecule has 0 spiro atoms. The number of alkyl halides is 3. The molecule has 0 aliphatic carbocycles. The molecule has 0 aromatic heterocycles. The maximum absolute atomic E-state index is 15.6. The summed E-state index contributed by atoms with van der Waals surface area (Å²) in [4.78, 5) is 12.3. The summed E-state index contributed by atoms with van der Waals surface area (Å²) in [5.41, 5.74) is -3.15. The van der Waals surface area contributed by atoms with E-state index in [1.54, 1.807) is 20.8 Å². The Labute approximate surface area is 228 Å². The molecule has 0 radical (unpaired) electrons. The number of halogens is 4. The minimum atomic E-state index is -6.14. The van der Waals surface area contributed by atoms with Crippen molar-refractivity contribution in [3.05, 3.63) is 35.6 Å². The lowest BCUT2D eigenvalue weighted by molar-refractivity contribution is -0.0499. The highest BCUT2D eigenvalue weighted by Gasteiger charge is 2.49. The standard InChI is InChI=1S/C27H35F4NO5SSi/c1-16(2)39(17(3)4,18(5)6)14-13-19-11-10-12-20-23(19)22(37-38(34,35)27(29,30)31)15-21(24(20)28)32-25(33)36-26(7,8)9/h10-12,15-18H,1-9H3,(H,32,33). The van der Waals surface area contributed by atoms with Gasteiger partial charge in [0.1, 0.15) is 13.7 Å². The van der Waals surface area contributed by atoms with Crippen molar-refractivity contribution < 1.29 is 39.7 Å². The Kier molecular flexibility index (Phi) is 9.46. The Balaban J connectivity index is 2.90. The predicted octanol–water partition coefficient (Wildman–Crippen LogP) is 8.12. The van der Waals surface area contributed by atoms with Gasteiger partial charge in [-0.15, -0.1) is 5.54 Å². The minimum Gasteiger partial charge on any atom is -0.444 e. The maximum atomic E-state index is 15.6. The van der Waals surface area contributed by atoms with Crippen LogP contribution in [0.4, 0.5) is 28.0 Å². The highest BCUT2D eigenvalue weighted by atomic mass is 32.2. The van der Waals surface area contributed by atoms with Gasteiger partial charge < -0.3 is 8.92 Å². The van der Waals surface area contributed by atoms with E-state index in [1.165, 1.54) is 18.2 Å². The first-order valence-corrected chi connectivity index (χ1v) is 16.1. The number of anilines is 1. The molecule has 0 atom stereocenters. The van der Waals surface area contributed by atoms with E-state index in [2.05, 4.69) is 62.5 Å². The molecule has 2 aromatic rings. The molecule has 0 unspecified atom stereocenters. The van der Waals surface area contributed by atoms with E-state index in [0.717, 1.165) is 0 Å². The Bertz CT molecular complexity index is 1380.